The summed E-state index contributed by atoms with van der Waals surface area (Å²) in [5, 5.41) is 9.10. The highest BCUT2D eigenvalue weighted by Gasteiger charge is 2.19. The second kappa shape index (κ2) is 8.32. The first kappa shape index (κ1) is 19.0. The summed E-state index contributed by atoms with van der Waals surface area (Å²) in [6.07, 6.45) is 5.22. The summed E-state index contributed by atoms with van der Waals surface area (Å²) < 4.78 is 6.51. The Balaban J connectivity index is 1.42. The molecule has 0 spiro atoms. The summed E-state index contributed by atoms with van der Waals surface area (Å²) in [5.41, 5.74) is 1.47. The Kier molecular flexibility index (Phi) is 5.64. The van der Waals surface area contributed by atoms with Crippen LogP contribution >= 0.6 is 23.2 Å². The molecule has 146 valence electrons. The van der Waals surface area contributed by atoms with Crippen molar-refractivity contribution in [2.75, 3.05) is 18.0 Å². The van der Waals surface area contributed by atoms with E-state index in [2.05, 4.69) is 20.1 Å². The first-order valence-corrected chi connectivity index (χ1v) is 9.92. The fraction of sp³-hybridized carbons (Fsp3) is 0.368. The maximum Gasteiger partial charge on any atom is 0.288 e. The summed E-state index contributed by atoms with van der Waals surface area (Å²) in [5.74, 6) is 0.906. The molecule has 1 aromatic carbocycles. The molecule has 3 heterocycles. The molecule has 1 aliphatic heterocycles. The topological polar surface area (TPSA) is 77.1 Å². The van der Waals surface area contributed by atoms with Crippen LogP contribution in [0.15, 0.2) is 39.8 Å². The molecule has 0 amide bonds. The minimum atomic E-state index is -0.355. The van der Waals surface area contributed by atoms with Crippen LogP contribution < -0.4 is 10.5 Å². The zero-order valence-electron chi connectivity index (χ0n) is 15.1. The van der Waals surface area contributed by atoms with Gasteiger partial charge in [-0.3, -0.25) is 4.79 Å². The molecular formula is C19H19Cl2N5O2. The van der Waals surface area contributed by atoms with Crippen LogP contribution in [0, 0.1) is 0 Å². The van der Waals surface area contributed by atoms with E-state index >= 15 is 0 Å². The molecule has 0 N–H and O–H groups in total. The Bertz CT molecular complexity index is 1010. The summed E-state index contributed by atoms with van der Waals surface area (Å²) in [7, 11) is 0. The monoisotopic (exact) mass is 419 g/mol. The lowest BCUT2D eigenvalue weighted by Gasteiger charge is -2.18. The number of anilines is 1. The highest BCUT2D eigenvalue weighted by molar-refractivity contribution is 6.33. The Labute approximate surface area is 171 Å². The fourth-order valence-corrected chi connectivity index (χ4v) is 3.63. The first-order chi connectivity index (χ1) is 13.6. The van der Waals surface area contributed by atoms with E-state index < -0.39 is 0 Å². The zero-order valence-corrected chi connectivity index (χ0v) is 16.7. The smallest absolute Gasteiger partial charge is 0.288 e. The lowest BCUT2D eigenvalue weighted by Crippen LogP contribution is -2.28. The van der Waals surface area contributed by atoms with E-state index in [1.54, 1.807) is 6.20 Å². The van der Waals surface area contributed by atoms with Crippen LogP contribution in [0.1, 0.15) is 30.1 Å². The molecule has 0 saturated carbocycles. The molecule has 7 nitrogen and oxygen atoms in total. The third kappa shape index (κ3) is 4.20. The van der Waals surface area contributed by atoms with Crippen LogP contribution in [0.25, 0.3) is 0 Å². The van der Waals surface area contributed by atoms with Gasteiger partial charge in [0.05, 0.1) is 11.9 Å². The van der Waals surface area contributed by atoms with Crippen molar-refractivity contribution in [2.45, 2.75) is 32.2 Å². The molecule has 1 fully saturated rings. The highest BCUT2D eigenvalue weighted by Crippen LogP contribution is 2.24. The predicted molar refractivity (Wildman–Crippen MR) is 107 cm³/mol. The quantitative estimate of drug-likeness (QED) is 0.609. The van der Waals surface area contributed by atoms with E-state index in [-0.39, 0.29) is 17.1 Å². The van der Waals surface area contributed by atoms with Gasteiger partial charge in [0.1, 0.15) is 11.6 Å². The number of aryl methyl sites for hydroxylation is 2. The number of nitrogens with zero attached hydrogens (tertiary/aromatic N) is 5. The molecular weight excluding hydrogens is 401 g/mol. The summed E-state index contributed by atoms with van der Waals surface area (Å²) >= 11 is 12.2. The number of halogens is 2. The molecule has 2 aromatic heterocycles. The van der Waals surface area contributed by atoms with Crippen molar-refractivity contribution in [3.63, 3.8) is 0 Å². The second-order valence-corrected chi connectivity index (χ2v) is 7.55. The van der Waals surface area contributed by atoms with Gasteiger partial charge in [-0.25, -0.2) is 4.68 Å². The lowest BCUT2D eigenvalue weighted by atomic mass is 10.1. The highest BCUT2D eigenvalue weighted by atomic mass is 35.5. The minimum absolute atomic E-state index is 0.0901. The molecule has 28 heavy (non-hydrogen) atoms. The van der Waals surface area contributed by atoms with Crippen LogP contribution in [0.4, 0.5) is 5.69 Å². The van der Waals surface area contributed by atoms with Gasteiger partial charge in [-0.1, -0.05) is 40.5 Å². The van der Waals surface area contributed by atoms with Gasteiger partial charge in [0.25, 0.3) is 5.56 Å². The van der Waals surface area contributed by atoms with Crippen LogP contribution in [0.3, 0.4) is 0 Å². The first-order valence-electron chi connectivity index (χ1n) is 9.16. The number of hydrogen-bond acceptors (Lipinski definition) is 6. The molecule has 1 saturated heterocycles. The van der Waals surface area contributed by atoms with E-state index in [0.29, 0.717) is 28.8 Å². The molecule has 0 atom stereocenters. The fourth-order valence-electron chi connectivity index (χ4n) is 3.24. The molecule has 0 unspecified atom stereocenters. The Hall–Kier alpha value is -2.38. The average molecular weight is 420 g/mol. The third-order valence-electron chi connectivity index (χ3n) is 4.76. The molecule has 0 radical (unpaired) electrons. The molecule has 4 rings (SSSR count). The summed E-state index contributed by atoms with van der Waals surface area (Å²) in [6.45, 7) is 1.88. The standard InChI is InChI=1S/C19H19Cl2N5O2/c20-14-6-3-13(4-7-14)5-8-16-23-17(28-24-16)12-26-19(27)18(21)15(11-22-26)25-9-1-2-10-25/h3-4,6-7,11H,1-2,5,8-10,12H2. The predicted octanol–water partition coefficient (Wildman–Crippen LogP) is 3.37. The van der Waals surface area contributed by atoms with Crippen LogP contribution in [-0.4, -0.2) is 33.0 Å². The van der Waals surface area contributed by atoms with Crippen molar-refractivity contribution in [1.82, 2.24) is 19.9 Å². The maximum absolute atomic E-state index is 12.5. The molecule has 1 aliphatic rings. The van der Waals surface area contributed by atoms with Gasteiger partial charge in [-0.15, -0.1) is 0 Å². The molecule has 0 aliphatic carbocycles. The lowest BCUT2D eigenvalue weighted by molar-refractivity contribution is 0.358. The number of aromatic nitrogens is 4. The number of hydrogen-bond donors (Lipinski definition) is 0. The Morgan fingerprint density at radius 2 is 1.82 bits per heavy atom. The van der Waals surface area contributed by atoms with Crippen molar-refractivity contribution < 1.29 is 4.52 Å². The molecule has 0 bridgehead atoms. The van der Waals surface area contributed by atoms with E-state index in [0.717, 1.165) is 37.9 Å². The van der Waals surface area contributed by atoms with E-state index in [1.807, 2.05) is 24.3 Å². The maximum atomic E-state index is 12.5. The van der Waals surface area contributed by atoms with Gasteiger partial charge in [-0.2, -0.15) is 10.1 Å². The van der Waals surface area contributed by atoms with Crippen molar-refractivity contribution >= 4 is 28.9 Å². The average Bonchev–Trinajstić information content (AvgIpc) is 3.37. The van der Waals surface area contributed by atoms with Gasteiger partial charge in [0.15, 0.2) is 5.82 Å². The number of benzene rings is 1. The van der Waals surface area contributed by atoms with Crippen molar-refractivity contribution in [1.29, 1.82) is 0 Å². The summed E-state index contributed by atoms with van der Waals surface area (Å²) in [6, 6.07) is 7.64. The van der Waals surface area contributed by atoms with Crippen LogP contribution in [0.2, 0.25) is 10.0 Å². The number of rotatable bonds is 6. The summed E-state index contributed by atoms with van der Waals surface area (Å²) in [4.78, 5) is 19.0. The normalized spacial score (nSPS) is 14.0. The minimum Gasteiger partial charge on any atom is -0.369 e. The third-order valence-corrected chi connectivity index (χ3v) is 5.37. The Morgan fingerprint density at radius 1 is 1.07 bits per heavy atom. The van der Waals surface area contributed by atoms with Gasteiger partial charge in [0.2, 0.25) is 5.89 Å². The second-order valence-electron chi connectivity index (χ2n) is 6.73. The van der Waals surface area contributed by atoms with Gasteiger partial charge >= 0.3 is 0 Å². The van der Waals surface area contributed by atoms with E-state index in [1.165, 1.54) is 4.68 Å². The van der Waals surface area contributed by atoms with E-state index in [4.69, 9.17) is 27.7 Å². The largest absolute Gasteiger partial charge is 0.369 e. The van der Waals surface area contributed by atoms with Gasteiger partial charge < -0.3 is 9.42 Å². The van der Waals surface area contributed by atoms with Crippen molar-refractivity contribution in [2.24, 2.45) is 0 Å². The van der Waals surface area contributed by atoms with Gasteiger partial charge in [0, 0.05) is 24.5 Å². The van der Waals surface area contributed by atoms with Crippen LogP contribution in [-0.2, 0) is 19.4 Å². The van der Waals surface area contributed by atoms with Crippen molar-refractivity contribution in [3.05, 3.63) is 68.1 Å². The molecule has 9 heteroatoms. The van der Waals surface area contributed by atoms with Crippen molar-refractivity contribution in [3.8, 4) is 0 Å². The van der Waals surface area contributed by atoms with E-state index in [9.17, 15) is 4.79 Å². The Morgan fingerprint density at radius 3 is 2.57 bits per heavy atom. The zero-order chi connectivity index (χ0) is 19.5. The van der Waals surface area contributed by atoms with Crippen LogP contribution in [0.5, 0.6) is 0 Å². The SMILES string of the molecule is O=c1c(Cl)c(N2CCCC2)cnn1Cc1nc(CCc2ccc(Cl)cc2)no1. The van der Waals surface area contributed by atoms with Gasteiger partial charge in [-0.05, 0) is 37.0 Å². The molecule has 3 aromatic rings.